The summed E-state index contributed by atoms with van der Waals surface area (Å²) in [5.74, 6) is 0.671. The third kappa shape index (κ3) is 4.45. The maximum atomic E-state index is 12.9. The number of urea groups is 1. The maximum absolute atomic E-state index is 12.9. The average molecular weight is 536 g/mol. The molecule has 202 valence electrons. The van der Waals surface area contributed by atoms with Gasteiger partial charge in [0.15, 0.2) is 0 Å². The Kier molecular flexibility index (Phi) is 6.16. The molecule has 39 heavy (non-hydrogen) atoms. The van der Waals surface area contributed by atoms with Crippen molar-refractivity contribution in [1.29, 1.82) is 0 Å². The number of ether oxygens (including phenoxy) is 1. The molecule has 2 fully saturated rings. The number of piperazine rings is 1. The molecule has 0 N–H and O–H groups in total. The predicted molar refractivity (Wildman–Crippen MR) is 141 cm³/mol. The minimum Gasteiger partial charge on any atom is -0.434 e. The third-order valence-corrected chi connectivity index (χ3v) is 7.47. The van der Waals surface area contributed by atoms with Crippen molar-refractivity contribution in [2.75, 3.05) is 38.1 Å². The van der Waals surface area contributed by atoms with Crippen molar-refractivity contribution < 1.29 is 18.3 Å². The van der Waals surface area contributed by atoms with Crippen molar-refractivity contribution in [3.8, 4) is 16.9 Å². The largest absolute Gasteiger partial charge is 0.434 e. The second-order valence-electron chi connectivity index (χ2n) is 9.83. The van der Waals surface area contributed by atoms with Gasteiger partial charge in [-0.25, -0.2) is 14.8 Å². The van der Waals surface area contributed by atoms with Gasteiger partial charge in [-0.1, -0.05) is 24.3 Å². The van der Waals surface area contributed by atoms with Crippen LogP contribution in [0.25, 0.3) is 22.0 Å². The molecule has 0 bridgehead atoms. The van der Waals surface area contributed by atoms with Gasteiger partial charge in [0, 0.05) is 63.8 Å². The first-order valence-electron chi connectivity index (χ1n) is 12.6. The number of hydrogen-bond donors (Lipinski definition) is 0. The van der Waals surface area contributed by atoms with E-state index in [2.05, 4.69) is 19.6 Å². The molecule has 12 heteroatoms. The van der Waals surface area contributed by atoms with E-state index in [9.17, 15) is 18.4 Å². The number of anilines is 1. The molecule has 1 atom stereocenters. The molecule has 2 amide bonds. The normalized spacial score (nSPS) is 17.4. The fraction of sp³-hybridized carbons (Fsp3) is 0.333. The van der Waals surface area contributed by atoms with Gasteiger partial charge in [-0.2, -0.15) is 8.78 Å². The van der Waals surface area contributed by atoms with Crippen LogP contribution in [-0.2, 0) is 13.6 Å². The van der Waals surface area contributed by atoms with Gasteiger partial charge in [0.05, 0.1) is 23.5 Å². The van der Waals surface area contributed by atoms with Crippen LogP contribution in [0, 0.1) is 0 Å². The van der Waals surface area contributed by atoms with E-state index in [0.717, 1.165) is 11.1 Å². The van der Waals surface area contributed by atoms with E-state index in [0.29, 0.717) is 48.6 Å². The molecule has 10 nitrogen and oxygen atoms in total. The van der Waals surface area contributed by atoms with Crippen LogP contribution in [0.3, 0.4) is 0 Å². The molecule has 2 aliphatic heterocycles. The summed E-state index contributed by atoms with van der Waals surface area (Å²) in [5.41, 5.74) is 2.59. The molecular formula is C27H27F2N7O3. The van der Waals surface area contributed by atoms with E-state index in [1.165, 1.54) is 10.7 Å². The zero-order valence-corrected chi connectivity index (χ0v) is 21.5. The monoisotopic (exact) mass is 535 g/mol. The fourth-order valence-electron chi connectivity index (χ4n) is 5.44. The maximum Gasteiger partial charge on any atom is 0.387 e. The minimum atomic E-state index is -2.95. The number of fused-ring (bicyclic) bond motifs is 2. The Hall–Kier alpha value is -4.48. The van der Waals surface area contributed by atoms with Crippen LogP contribution >= 0.6 is 0 Å². The second kappa shape index (κ2) is 9.68. The summed E-state index contributed by atoms with van der Waals surface area (Å²) in [6.45, 7) is -0.126. The van der Waals surface area contributed by atoms with Gasteiger partial charge in [-0.15, -0.1) is 0 Å². The Morgan fingerprint density at radius 1 is 1.00 bits per heavy atom. The molecule has 0 saturated carbocycles. The Morgan fingerprint density at radius 3 is 2.54 bits per heavy atom. The van der Waals surface area contributed by atoms with Gasteiger partial charge in [-0.05, 0) is 23.8 Å². The molecule has 2 saturated heterocycles. The first-order chi connectivity index (χ1) is 18.8. The summed E-state index contributed by atoms with van der Waals surface area (Å²) in [7, 11) is 3.46. The molecule has 2 aromatic heterocycles. The van der Waals surface area contributed by atoms with E-state index in [-0.39, 0.29) is 29.9 Å². The van der Waals surface area contributed by atoms with Crippen LogP contribution in [0.4, 0.5) is 19.5 Å². The Labute approximate surface area is 222 Å². The highest BCUT2D eigenvalue weighted by Crippen LogP contribution is 2.27. The van der Waals surface area contributed by atoms with Crippen LogP contribution in [0.2, 0.25) is 0 Å². The summed E-state index contributed by atoms with van der Waals surface area (Å²) in [4.78, 5) is 40.1. The Bertz CT molecular complexity index is 1600. The number of carbonyl (C=O) groups is 1. The SMILES string of the molecule is CN1C[C@H]2CN(c3ncc(-c4ccc5c(=O)n(C)n(Cc6ccccc6OC(F)F)c5c4)cn3)CCN2C1=O. The zero-order chi connectivity index (χ0) is 27.3. The number of amides is 2. The molecule has 0 unspecified atom stereocenters. The van der Waals surface area contributed by atoms with Crippen LogP contribution in [-0.4, -0.2) is 81.0 Å². The molecule has 6 rings (SSSR count). The van der Waals surface area contributed by atoms with Gasteiger partial charge in [0.2, 0.25) is 5.95 Å². The Morgan fingerprint density at radius 2 is 1.77 bits per heavy atom. The number of rotatable bonds is 6. The van der Waals surface area contributed by atoms with Crippen molar-refractivity contribution in [2.45, 2.75) is 19.2 Å². The zero-order valence-electron chi connectivity index (χ0n) is 21.5. The highest BCUT2D eigenvalue weighted by Gasteiger charge is 2.39. The van der Waals surface area contributed by atoms with Crippen LogP contribution in [0.1, 0.15) is 5.56 Å². The number of benzene rings is 2. The highest BCUT2D eigenvalue weighted by molar-refractivity contribution is 5.84. The van der Waals surface area contributed by atoms with Crippen LogP contribution in [0.5, 0.6) is 5.75 Å². The van der Waals surface area contributed by atoms with Crippen molar-refractivity contribution in [3.63, 3.8) is 0 Å². The lowest BCUT2D eigenvalue weighted by molar-refractivity contribution is -0.0505. The lowest BCUT2D eigenvalue weighted by atomic mass is 10.1. The fourth-order valence-corrected chi connectivity index (χ4v) is 5.44. The lowest BCUT2D eigenvalue weighted by Crippen LogP contribution is -2.52. The van der Waals surface area contributed by atoms with Crippen LogP contribution < -0.4 is 15.2 Å². The van der Waals surface area contributed by atoms with Crippen molar-refractivity contribution in [1.82, 2.24) is 29.1 Å². The number of para-hydroxylation sites is 1. The van der Waals surface area contributed by atoms with E-state index in [4.69, 9.17) is 0 Å². The van der Waals surface area contributed by atoms with Gasteiger partial charge < -0.3 is 19.4 Å². The molecule has 4 heterocycles. The molecule has 2 aromatic carbocycles. The summed E-state index contributed by atoms with van der Waals surface area (Å²) < 4.78 is 33.8. The number of likely N-dealkylation sites (N-methyl/N-ethyl adjacent to an activating group) is 1. The first kappa shape index (κ1) is 24.8. The number of halogens is 2. The highest BCUT2D eigenvalue weighted by atomic mass is 19.3. The quantitative estimate of drug-likeness (QED) is 0.377. The van der Waals surface area contributed by atoms with Gasteiger partial charge >= 0.3 is 12.6 Å². The molecule has 0 aliphatic carbocycles. The van der Waals surface area contributed by atoms with E-state index in [1.807, 2.05) is 24.1 Å². The number of nitrogens with zero attached hydrogens (tertiary/aromatic N) is 7. The Balaban J connectivity index is 1.28. The molecule has 0 spiro atoms. The van der Waals surface area contributed by atoms with Crippen molar-refractivity contribution in [3.05, 3.63) is 70.8 Å². The lowest BCUT2D eigenvalue weighted by Gasteiger charge is -2.36. The molecule has 2 aliphatic rings. The standard InChI is InChI=1S/C27H27F2N7O3/c1-32-15-20-16-34(9-10-35(20)27(32)38)26-30-12-19(13-31-26)17-7-8-21-22(11-17)36(33(2)24(21)37)14-18-5-3-4-6-23(18)39-25(28)29/h3-8,11-13,20,25H,9-10,14-16H2,1-2H3/t20-/m0/s1. The summed E-state index contributed by atoms with van der Waals surface area (Å²) in [6, 6.07) is 12.2. The van der Waals surface area contributed by atoms with Gasteiger partial charge in [0.25, 0.3) is 5.56 Å². The van der Waals surface area contributed by atoms with E-state index < -0.39 is 6.61 Å². The van der Waals surface area contributed by atoms with Crippen molar-refractivity contribution >= 4 is 22.9 Å². The van der Waals surface area contributed by atoms with Crippen LogP contribution in [0.15, 0.2) is 59.7 Å². The smallest absolute Gasteiger partial charge is 0.387 e. The number of hydrogen-bond acceptors (Lipinski definition) is 6. The van der Waals surface area contributed by atoms with E-state index >= 15 is 0 Å². The molecule has 0 radical (unpaired) electrons. The summed E-state index contributed by atoms with van der Waals surface area (Å²) in [5, 5.41) is 0.514. The van der Waals surface area contributed by atoms with Gasteiger partial charge in [0.1, 0.15) is 5.75 Å². The first-order valence-corrected chi connectivity index (χ1v) is 12.6. The molecule has 4 aromatic rings. The van der Waals surface area contributed by atoms with E-state index in [1.54, 1.807) is 53.3 Å². The summed E-state index contributed by atoms with van der Waals surface area (Å²) in [6.07, 6.45) is 3.50. The predicted octanol–water partition coefficient (Wildman–Crippen LogP) is 3.00. The van der Waals surface area contributed by atoms with Gasteiger partial charge in [-0.3, -0.25) is 14.2 Å². The third-order valence-electron chi connectivity index (χ3n) is 7.47. The van der Waals surface area contributed by atoms with Crippen molar-refractivity contribution in [2.24, 2.45) is 7.05 Å². The average Bonchev–Trinajstić information content (AvgIpc) is 3.35. The minimum absolute atomic E-state index is 0.0655. The number of alkyl halides is 2. The second-order valence-corrected chi connectivity index (χ2v) is 9.83. The molecular weight excluding hydrogens is 508 g/mol. The topological polar surface area (TPSA) is 88.7 Å². The number of carbonyl (C=O) groups excluding carboxylic acids is 1. The number of aromatic nitrogens is 4. The summed E-state index contributed by atoms with van der Waals surface area (Å²) >= 11 is 0.